The number of rotatable bonds is 5. The van der Waals surface area contributed by atoms with E-state index in [-0.39, 0.29) is 17.1 Å². The summed E-state index contributed by atoms with van der Waals surface area (Å²) in [6.45, 7) is -0.209. The molecule has 1 aromatic carbocycles. The van der Waals surface area contributed by atoms with E-state index >= 15 is 0 Å². The van der Waals surface area contributed by atoms with E-state index in [1.54, 1.807) is 6.07 Å². The van der Waals surface area contributed by atoms with Gasteiger partial charge in [-0.3, -0.25) is 9.59 Å². The molecule has 0 fully saturated rings. The number of halogens is 2. The Labute approximate surface area is 140 Å². The maximum atomic E-state index is 11.9. The van der Waals surface area contributed by atoms with Crippen molar-refractivity contribution in [2.75, 3.05) is 6.54 Å². The van der Waals surface area contributed by atoms with Gasteiger partial charge in [0.1, 0.15) is 0 Å². The van der Waals surface area contributed by atoms with E-state index < -0.39 is 11.8 Å². The molecule has 2 aromatic rings. The monoisotopic (exact) mass is 355 g/mol. The molecule has 0 bridgehead atoms. The van der Waals surface area contributed by atoms with E-state index in [9.17, 15) is 9.59 Å². The van der Waals surface area contributed by atoms with Crippen LogP contribution in [0.2, 0.25) is 10.0 Å². The predicted molar refractivity (Wildman–Crippen MR) is 88.9 cm³/mol. The lowest BCUT2D eigenvalue weighted by Crippen LogP contribution is -2.35. The van der Waals surface area contributed by atoms with E-state index in [1.165, 1.54) is 29.7 Å². The minimum absolute atomic E-state index is 0.209. The fourth-order valence-corrected chi connectivity index (χ4v) is 2.58. The van der Waals surface area contributed by atoms with Crippen molar-refractivity contribution in [3.8, 4) is 0 Å². The summed E-state index contributed by atoms with van der Waals surface area (Å²) in [4.78, 5) is 24.4. The van der Waals surface area contributed by atoms with Crippen molar-refractivity contribution in [2.24, 2.45) is 5.10 Å². The lowest BCUT2D eigenvalue weighted by atomic mass is 10.2. The Morgan fingerprint density at radius 2 is 2.09 bits per heavy atom. The fourth-order valence-electron chi connectivity index (χ4n) is 1.50. The van der Waals surface area contributed by atoms with Crippen LogP contribution in [-0.2, 0) is 4.79 Å². The predicted octanol–water partition coefficient (Wildman–Crippen LogP) is 2.94. The highest BCUT2D eigenvalue weighted by Crippen LogP contribution is 2.20. The molecule has 0 aliphatic heterocycles. The number of nitrogens with one attached hydrogen (secondary N) is 2. The largest absolute Gasteiger partial charge is 0.343 e. The first kappa shape index (κ1) is 16.5. The third kappa shape index (κ3) is 4.84. The van der Waals surface area contributed by atoms with Gasteiger partial charge in [0.15, 0.2) is 0 Å². The molecule has 0 spiro atoms. The second-order valence-electron chi connectivity index (χ2n) is 4.12. The Morgan fingerprint density at radius 1 is 1.27 bits per heavy atom. The van der Waals surface area contributed by atoms with Gasteiger partial charge in [0.05, 0.1) is 23.3 Å². The topological polar surface area (TPSA) is 70.6 Å². The molecule has 0 radical (unpaired) electrons. The molecule has 8 heteroatoms. The molecule has 0 atom stereocenters. The molecule has 2 N–H and O–H groups in total. The van der Waals surface area contributed by atoms with Crippen LogP contribution in [-0.4, -0.2) is 24.6 Å². The lowest BCUT2D eigenvalue weighted by Gasteiger charge is -2.06. The molecule has 1 heterocycles. The molecule has 1 aromatic heterocycles. The summed E-state index contributed by atoms with van der Waals surface area (Å²) in [5, 5.41) is 8.80. The zero-order chi connectivity index (χ0) is 15.9. The Hall–Kier alpha value is -1.89. The summed E-state index contributed by atoms with van der Waals surface area (Å²) < 4.78 is 0. The number of amides is 2. The summed E-state index contributed by atoms with van der Waals surface area (Å²) in [6, 6.07) is 8.25. The van der Waals surface area contributed by atoms with Crippen LogP contribution in [0.15, 0.2) is 40.8 Å². The third-order valence-corrected chi connectivity index (χ3v) is 3.86. The molecule has 0 saturated carbocycles. The highest BCUT2D eigenvalue weighted by molar-refractivity contribution is 7.11. The maximum Gasteiger partial charge on any atom is 0.259 e. The summed E-state index contributed by atoms with van der Waals surface area (Å²) in [6.07, 6.45) is 1.53. The number of hydrogen-bond acceptors (Lipinski definition) is 4. The number of nitrogens with zero attached hydrogens (tertiary/aromatic N) is 1. The van der Waals surface area contributed by atoms with Gasteiger partial charge in [0.25, 0.3) is 11.8 Å². The Bertz CT molecular complexity index is 702. The molecule has 2 amide bonds. The molecule has 114 valence electrons. The standard InChI is InChI=1S/C14H11Cl2N3O2S/c15-9-3-4-11(12(16)6-9)14(21)17-8-13(20)19-18-7-10-2-1-5-22-10/h1-7H,8H2,(H,17,21)(H,19,20)/b18-7-. The van der Waals surface area contributed by atoms with Gasteiger partial charge in [0, 0.05) is 9.90 Å². The number of hydrazone groups is 1. The summed E-state index contributed by atoms with van der Waals surface area (Å²) >= 11 is 13.2. The molecule has 5 nitrogen and oxygen atoms in total. The smallest absolute Gasteiger partial charge is 0.259 e. The van der Waals surface area contributed by atoms with Gasteiger partial charge >= 0.3 is 0 Å². The van der Waals surface area contributed by atoms with E-state index in [0.717, 1.165) is 4.88 Å². The van der Waals surface area contributed by atoms with Crippen molar-refractivity contribution in [3.05, 3.63) is 56.2 Å². The fraction of sp³-hybridized carbons (Fsp3) is 0.0714. The van der Waals surface area contributed by atoms with Gasteiger partial charge in [-0.1, -0.05) is 29.3 Å². The summed E-state index contributed by atoms with van der Waals surface area (Å²) in [7, 11) is 0. The van der Waals surface area contributed by atoms with Gasteiger partial charge in [0.2, 0.25) is 0 Å². The third-order valence-electron chi connectivity index (χ3n) is 2.51. The second kappa shape index (κ2) is 7.93. The lowest BCUT2D eigenvalue weighted by molar-refractivity contribution is -0.120. The first-order chi connectivity index (χ1) is 10.6. The van der Waals surface area contributed by atoms with Gasteiger partial charge in [-0.15, -0.1) is 11.3 Å². The zero-order valence-electron chi connectivity index (χ0n) is 11.2. The van der Waals surface area contributed by atoms with Crippen LogP contribution < -0.4 is 10.7 Å². The van der Waals surface area contributed by atoms with Crippen LogP contribution >= 0.6 is 34.5 Å². The minimum atomic E-state index is -0.459. The minimum Gasteiger partial charge on any atom is -0.343 e. The summed E-state index contributed by atoms with van der Waals surface area (Å²) in [5.74, 6) is -0.898. The SMILES string of the molecule is O=C(CNC(=O)c1ccc(Cl)cc1Cl)N/N=C\c1cccs1. The molecule has 2 rings (SSSR count). The average Bonchev–Trinajstić information content (AvgIpc) is 2.98. The number of hydrogen-bond donors (Lipinski definition) is 2. The van der Waals surface area contributed by atoms with E-state index in [0.29, 0.717) is 5.02 Å². The Morgan fingerprint density at radius 3 is 2.77 bits per heavy atom. The molecule has 0 aliphatic rings. The van der Waals surface area contributed by atoms with Crippen molar-refractivity contribution >= 4 is 52.6 Å². The van der Waals surface area contributed by atoms with Gasteiger partial charge in [-0.2, -0.15) is 5.10 Å². The van der Waals surface area contributed by atoms with Crippen LogP contribution in [0.25, 0.3) is 0 Å². The normalized spacial score (nSPS) is 10.6. The van der Waals surface area contributed by atoms with E-state index in [4.69, 9.17) is 23.2 Å². The Balaban J connectivity index is 1.81. The number of thiophene rings is 1. The quantitative estimate of drug-likeness (QED) is 0.639. The van der Waals surface area contributed by atoms with Gasteiger partial charge < -0.3 is 5.32 Å². The van der Waals surface area contributed by atoms with Crippen LogP contribution in [0.3, 0.4) is 0 Å². The van der Waals surface area contributed by atoms with E-state index in [2.05, 4.69) is 15.8 Å². The van der Waals surface area contributed by atoms with Crippen molar-refractivity contribution in [2.45, 2.75) is 0 Å². The van der Waals surface area contributed by atoms with Gasteiger partial charge in [-0.25, -0.2) is 5.43 Å². The number of carbonyl (C=O) groups excluding carboxylic acids is 2. The van der Waals surface area contributed by atoms with Crippen LogP contribution in [0.4, 0.5) is 0 Å². The molecule has 0 aliphatic carbocycles. The first-order valence-corrected chi connectivity index (χ1v) is 7.78. The van der Waals surface area contributed by atoms with Crippen LogP contribution in [0.5, 0.6) is 0 Å². The van der Waals surface area contributed by atoms with Gasteiger partial charge in [-0.05, 0) is 29.6 Å². The van der Waals surface area contributed by atoms with Crippen LogP contribution in [0.1, 0.15) is 15.2 Å². The molecular formula is C14H11Cl2N3O2S. The van der Waals surface area contributed by atoms with Crippen molar-refractivity contribution < 1.29 is 9.59 Å². The van der Waals surface area contributed by atoms with Crippen molar-refractivity contribution in [1.29, 1.82) is 0 Å². The number of carbonyl (C=O) groups is 2. The highest BCUT2D eigenvalue weighted by atomic mass is 35.5. The summed E-state index contributed by atoms with van der Waals surface area (Å²) in [5.41, 5.74) is 2.57. The number of benzene rings is 1. The van der Waals surface area contributed by atoms with Crippen molar-refractivity contribution in [3.63, 3.8) is 0 Å². The first-order valence-electron chi connectivity index (χ1n) is 6.15. The molecule has 0 unspecified atom stereocenters. The maximum absolute atomic E-state index is 11.9. The zero-order valence-corrected chi connectivity index (χ0v) is 13.5. The highest BCUT2D eigenvalue weighted by Gasteiger charge is 2.11. The van der Waals surface area contributed by atoms with Crippen molar-refractivity contribution in [1.82, 2.24) is 10.7 Å². The molecule has 0 saturated heterocycles. The second-order valence-corrected chi connectivity index (χ2v) is 5.94. The van der Waals surface area contributed by atoms with E-state index in [1.807, 2.05) is 17.5 Å². The molecular weight excluding hydrogens is 345 g/mol. The molecule has 22 heavy (non-hydrogen) atoms. The van der Waals surface area contributed by atoms with Crippen LogP contribution in [0, 0.1) is 0 Å². The Kier molecular flexibility index (Phi) is 5.94. The average molecular weight is 356 g/mol.